The summed E-state index contributed by atoms with van der Waals surface area (Å²) in [7, 11) is 1.97. The maximum atomic E-state index is 11.0. The summed E-state index contributed by atoms with van der Waals surface area (Å²) < 4.78 is 4.71. The first kappa shape index (κ1) is 13.7. The zero-order valence-electron chi connectivity index (χ0n) is 11.8. The number of fused-ring (bicyclic) bond motifs is 1. The van der Waals surface area contributed by atoms with E-state index in [-0.39, 0.29) is 11.2 Å². The molecule has 0 atom stereocenters. The van der Waals surface area contributed by atoms with E-state index < -0.39 is 4.92 Å². The number of piperidine rings is 1. The second-order valence-corrected chi connectivity index (χ2v) is 5.31. The molecule has 1 aromatic carbocycles. The SMILES string of the molecule is CNCC1CCN(c2ccc([N+](=O)[O-])c3nonc23)CC1. The van der Waals surface area contributed by atoms with Gasteiger partial charge in [0.15, 0.2) is 5.52 Å². The van der Waals surface area contributed by atoms with Gasteiger partial charge in [0.25, 0.3) is 0 Å². The van der Waals surface area contributed by atoms with E-state index in [1.807, 2.05) is 7.05 Å². The molecule has 0 spiro atoms. The molecule has 0 radical (unpaired) electrons. The number of nitrogens with one attached hydrogen (secondary N) is 1. The van der Waals surface area contributed by atoms with E-state index in [1.54, 1.807) is 6.07 Å². The van der Waals surface area contributed by atoms with Crippen LogP contribution in [0.2, 0.25) is 0 Å². The molecule has 112 valence electrons. The van der Waals surface area contributed by atoms with Gasteiger partial charge in [0.05, 0.1) is 10.6 Å². The fourth-order valence-corrected chi connectivity index (χ4v) is 2.91. The molecule has 1 saturated heterocycles. The zero-order chi connectivity index (χ0) is 14.8. The maximum absolute atomic E-state index is 11.0. The quantitative estimate of drug-likeness (QED) is 0.674. The average molecular weight is 291 g/mol. The van der Waals surface area contributed by atoms with Crippen molar-refractivity contribution in [2.24, 2.45) is 5.92 Å². The maximum Gasteiger partial charge on any atom is 0.300 e. The number of hydrogen-bond acceptors (Lipinski definition) is 7. The van der Waals surface area contributed by atoms with Crippen molar-refractivity contribution in [1.82, 2.24) is 15.6 Å². The Kier molecular flexibility index (Phi) is 3.70. The van der Waals surface area contributed by atoms with Gasteiger partial charge in [0, 0.05) is 19.2 Å². The first-order valence-corrected chi connectivity index (χ1v) is 7.00. The Hall–Kier alpha value is -2.22. The first-order valence-electron chi connectivity index (χ1n) is 7.00. The van der Waals surface area contributed by atoms with Crippen molar-refractivity contribution < 1.29 is 9.55 Å². The molecule has 21 heavy (non-hydrogen) atoms. The van der Waals surface area contributed by atoms with E-state index in [0.29, 0.717) is 11.4 Å². The van der Waals surface area contributed by atoms with Crippen LogP contribution in [-0.2, 0) is 0 Å². The molecule has 2 heterocycles. The van der Waals surface area contributed by atoms with Gasteiger partial charge in [-0.15, -0.1) is 0 Å². The lowest BCUT2D eigenvalue weighted by Crippen LogP contribution is -2.36. The van der Waals surface area contributed by atoms with Gasteiger partial charge in [0.2, 0.25) is 5.52 Å². The van der Waals surface area contributed by atoms with Crippen LogP contribution in [0.1, 0.15) is 12.8 Å². The Labute approximate surface area is 121 Å². The molecule has 1 fully saturated rings. The third kappa shape index (κ3) is 2.54. The molecular formula is C13H17N5O3. The van der Waals surface area contributed by atoms with E-state index in [9.17, 15) is 10.1 Å². The highest BCUT2D eigenvalue weighted by atomic mass is 16.6. The van der Waals surface area contributed by atoms with Crippen LogP contribution < -0.4 is 10.2 Å². The van der Waals surface area contributed by atoms with Crippen LogP contribution in [0, 0.1) is 16.0 Å². The number of rotatable bonds is 4. The smallest absolute Gasteiger partial charge is 0.300 e. The number of nitro benzene ring substituents is 1. The lowest BCUT2D eigenvalue weighted by Gasteiger charge is -2.33. The second-order valence-electron chi connectivity index (χ2n) is 5.31. The molecule has 3 rings (SSSR count). The van der Waals surface area contributed by atoms with Crippen LogP contribution in [0.25, 0.3) is 11.0 Å². The van der Waals surface area contributed by atoms with Crippen LogP contribution in [0.4, 0.5) is 11.4 Å². The zero-order valence-corrected chi connectivity index (χ0v) is 11.8. The van der Waals surface area contributed by atoms with Crippen molar-refractivity contribution in [3.8, 4) is 0 Å². The Morgan fingerprint density at radius 2 is 2.10 bits per heavy atom. The lowest BCUT2D eigenvalue weighted by molar-refractivity contribution is -0.383. The molecule has 0 bridgehead atoms. The van der Waals surface area contributed by atoms with Gasteiger partial charge in [-0.3, -0.25) is 10.1 Å². The van der Waals surface area contributed by atoms with E-state index >= 15 is 0 Å². The number of nitro groups is 1. The number of non-ortho nitro benzene ring substituents is 1. The van der Waals surface area contributed by atoms with Gasteiger partial charge in [-0.25, -0.2) is 4.63 Å². The highest BCUT2D eigenvalue weighted by molar-refractivity contribution is 5.93. The summed E-state index contributed by atoms with van der Waals surface area (Å²) in [6.45, 7) is 2.84. The number of hydrogen-bond donors (Lipinski definition) is 1. The van der Waals surface area contributed by atoms with Gasteiger partial charge in [-0.2, -0.15) is 0 Å². The predicted molar refractivity (Wildman–Crippen MR) is 77.3 cm³/mol. The number of aromatic nitrogens is 2. The van der Waals surface area contributed by atoms with Gasteiger partial charge >= 0.3 is 5.69 Å². The number of nitrogens with zero attached hydrogens (tertiary/aromatic N) is 4. The standard InChI is InChI=1S/C13H17N5O3/c1-14-8-9-4-6-17(7-5-9)10-2-3-11(18(19)20)13-12(10)15-21-16-13/h2-3,9,14H,4-8H2,1H3. The molecule has 1 aromatic heterocycles. The third-order valence-corrected chi connectivity index (χ3v) is 4.02. The summed E-state index contributed by atoms with van der Waals surface area (Å²) in [6, 6.07) is 3.21. The number of anilines is 1. The fraction of sp³-hybridized carbons (Fsp3) is 0.538. The number of benzene rings is 1. The molecule has 2 aromatic rings. The molecule has 8 nitrogen and oxygen atoms in total. The van der Waals surface area contributed by atoms with Crippen molar-refractivity contribution in [1.29, 1.82) is 0 Å². The average Bonchev–Trinajstić information content (AvgIpc) is 2.96. The summed E-state index contributed by atoms with van der Waals surface area (Å²) in [6.07, 6.45) is 2.18. The van der Waals surface area contributed by atoms with Crippen LogP contribution in [-0.4, -0.2) is 41.9 Å². The molecular weight excluding hydrogens is 274 g/mol. The fourth-order valence-electron chi connectivity index (χ4n) is 2.91. The lowest BCUT2D eigenvalue weighted by atomic mass is 9.96. The Morgan fingerprint density at radius 1 is 1.38 bits per heavy atom. The topological polar surface area (TPSA) is 97.3 Å². The minimum Gasteiger partial charge on any atom is -0.370 e. The summed E-state index contributed by atoms with van der Waals surface area (Å²) in [5.41, 5.74) is 1.48. The summed E-state index contributed by atoms with van der Waals surface area (Å²) in [4.78, 5) is 12.7. The Morgan fingerprint density at radius 3 is 2.76 bits per heavy atom. The first-order chi connectivity index (χ1) is 10.2. The summed E-state index contributed by atoms with van der Waals surface area (Å²) in [5, 5.41) is 21.7. The molecule has 0 saturated carbocycles. The largest absolute Gasteiger partial charge is 0.370 e. The minimum atomic E-state index is -0.463. The molecule has 0 aliphatic carbocycles. The van der Waals surface area contributed by atoms with Crippen LogP contribution in [0.5, 0.6) is 0 Å². The Balaban J connectivity index is 1.87. The van der Waals surface area contributed by atoms with E-state index in [1.165, 1.54) is 6.07 Å². The van der Waals surface area contributed by atoms with E-state index in [0.717, 1.165) is 38.2 Å². The Bertz CT molecular complexity index is 648. The monoisotopic (exact) mass is 291 g/mol. The van der Waals surface area contributed by atoms with Gasteiger partial charge in [0.1, 0.15) is 0 Å². The van der Waals surface area contributed by atoms with Crippen molar-refractivity contribution in [2.75, 3.05) is 31.6 Å². The van der Waals surface area contributed by atoms with Crippen molar-refractivity contribution in [2.45, 2.75) is 12.8 Å². The van der Waals surface area contributed by atoms with Gasteiger partial charge in [-0.1, -0.05) is 0 Å². The normalized spacial score (nSPS) is 16.5. The second kappa shape index (κ2) is 5.65. The van der Waals surface area contributed by atoms with Crippen molar-refractivity contribution >= 4 is 22.4 Å². The van der Waals surface area contributed by atoms with E-state index in [4.69, 9.17) is 4.63 Å². The third-order valence-electron chi connectivity index (χ3n) is 4.02. The minimum absolute atomic E-state index is 0.0694. The molecule has 0 unspecified atom stereocenters. The van der Waals surface area contributed by atoms with Crippen molar-refractivity contribution in [3.63, 3.8) is 0 Å². The van der Waals surface area contributed by atoms with Crippen LogP contribution >= 0.6 is 0 Å². The van der Waals surface area contributed by atoms with Crippen molar-refractivity contribution in [3.05, 3.63) is 22.2 Å². The highest BCUT2D eigenvalue weighted by Gasteiger charge is 2.25. The molecule has 1 N–H and O–H groups in total. The van der Waals surface area contributed by atoms with Crippen LogP contribution in [0.15, 0.2) is 16.8 Å². The molecule has 1 aliphatic heterocycles. The molecule has 8 heteroatoms. The van der Waals surface area contributed by atoms with Gasteiger partial charge < -0.3 is 10.2 Å². The summed E-state index contributed by atoms with van der Waals surface area (Å²) in [5.74, 6) is 0.676. The molecule has 0 amide bonds. The van der Waals surface area contributed by atoms with E-state index in [2.05, 4.69) is 20.5 Å². The predicted octanol–water partition coefficient (Wildman–Crippen LogP) is 1.57. The summed E-state index contributed by atoms with van der Waals surface area (Å²) >= 11 is 0. The van der Waals surface area contributed by atoms with Gasteiger partial charge in [-0.05, 0) is 48.7 Å². The van der Waals surface area contributed by atoms with Crippen LogP contribution in [0.3, 0.4) is 0 Å². The molecule has 1 aliphatic rings. The highest BCUT2D eigenvalue weighted by Crippen LogP contribution is 2.33.